The van der Waals surface area contributed by atoms with Crippen molar-refractivity contribution in [2.75, 3.05) is 0 Å². The van der Waals surface area contributed by atoms with E-state index in [0.29, 0.717) is 5.69 Å². The molecule has 0 unspecified atom stereocenters. The fraction of sp³-hybridized carbons (Fsp3) is 0.125. The second kappa shape index (κ2) is 6.25. The fourth-order valence-electron chi connectivity index (χ4n) is 0.429. The molecule has 0 aliphatic rings. The first-order valence-electron chi connectivity index (χ1n) is 2.97. The summed E-state index contributed by atoms with van der Waals surface area (Å²) < 4.78 is 0. The van der Waals surface area contributed by atoms with E-state index in [-0.39, 0.29) is 0 Å². The van der Waals surface area contributed by atoms with Gasteiger partial charge in [0, 0.05) is 13.1 Å². The van der Waals surface area contributed by atoms with Crippen molar-refractivity contribution in [3.8, 4) is 12.1 Å². The highest BCUT2D eigenvalue weighted by molar-refractivity contribution is 5.18. The summed E-state index contributed by atoms with van der Waals surface area (Å²) in [4.78, 5) is 3.74. The number of pyridine rings is 1. The second-order valence-corrected chi connectivity index (χ2v) is 1.55. The van der Waals surface area contributed by atoms with Crippen LogP contribution in [0.4, 0.5) is 0 Å². The van der Waals surface area contributed by atoms with Gasteiger partial charge in [-0.3, -0.25) is 0 Å². The number of hydrogen-bond donors (Lipinski definition) is 0. The SMILES string of the molecule is CC#N.N#Cc1ccccn1. The molecule has 3 nitrogen and oxygen atoms in total. The lowest BCUT2D eigenvalue weighted by Gasteiger charge is -1.79. The van der Waals surface area contributed by atoms with Gasteiger partial charge < -0.3 is 0 Å². The standard InChI is InChI=1S/C6H4N2.C2H3N/c7-5-6-3-1-2-4-8-6;1-2-3/h1-4H;1H3. The molecule has 0 saturated heterocycles. The monoisotopic (exact) mass is 145 g/mol. The molecule has 1 aromatic rings. The molecule has 0 spiro atoms. The average molecular weight is 145 g/mol. The van der Waals surface area contributed by atoms with Gasteiger partial charge in [-0.15, -0.1) is 0 Å². The Morgan fingerprint density at radius 2 is 2.00 bits per heavy atom. The molecule has 0 atom stereocenters. The van der Waals surface area contributed by atoms with E-state index in [1.165, 1.54) is 6.92 Å². The van der Waals surface area contributed by atoms with Crippen LogP contribution in [0.2, 0.25) is 0 Å². The smallest absolute Gasteiger partial charge is 0.140 e. The third-order valence-corrected chi connectivity index (χ3v) is 0.779. The molecule has 0 aliphatic carbocycles. The minimum atomic E-state index is 0.465. The van der Waals surface area contributed by atoms with E-state index in [4.69, 9.17) is 10.5 Å². The second-order valence-electron chi connectivity index (χ2n) is 1.55. The van der Waals surface area contributed by atoms with Crippen LogP contribution in [0.15, 0.2) is 24.4 Å². The molecule has 0 fully saturated rings. The Balaban J connectivity index is 0.000000292. The Hall–Kier alpha value is -1.87. The van der Waals surface area contributed by atoms with Gasteiger partial charge in [-0.25, -0.2) is 4.98 Å². The normalized spacial score (nSPS) is 6.45. The van der Waals surface area contributed by atoms with Crippen LogP contribution in [-0.2, 0) is 0 Å². The summed E-state index contributed by atoms with van der Waals surface area (Å²) in [5.41, 5.74) is 0.465. The number of aromatic nitrogens is 1. The molecule has 0 saturated carbocycles. The van der Waals surface area contributed by atoms with Gasteiger partial charge in [-0.2, -0.15) is 10.5 Å². The van der Waals surface area contributed by atoms with Crippen LogP contribution < -0.4 is 0 Å². The highest BCUT2D eigenvalue weighted by Crippen LogP contribution is 1.86. The van der Waals surface area contributed by atoms with E-state index >= 15 is 0 Å². The summed E-state index contributed by atoms with van der Waals surface area (Å²) in [7, 11) is 0. The summed E-state index contributed by atoms with van der Waals surface area (Å²) in [6.07, 6.45) is 1.60. The molecule has 0 radical (unpaired) electrons. The first-order valence-corrected chi connectivity index (χ1v) is 2.97. The van der Waals surface area contributed by atoms with Crippen molar-refractivity contribution in [2.45, 2.75) is 6.92 Å². The van der Waals surface area contributed by atoms with Gasteiger partial charge in [0.05, 0.1) is 6.07 Å². The van der Waals surface area contributed by atoms with Crippen LogP contribution in [-0.4, -0.2) is 4.98 Å². The van der Waals surface area contributed by atoms with Gasteiger partial charge in [-0.05, 0) is 12.1 Å². The quantitative estimate of drug-likeness (QED) is 0.555. The molecule has 11 heavy (non-hydrogen) atoms. The number of hydrogen-bond acceptors (Lipinski definition) is 3. The molecular weight excluding hydrogens is 138 g/mol. The van der Waals surface area contributed by atoms with Crippen molar-refractivity contribution in [1.29, 1.82) is 10.5 Å². The lowest BCUT2D eigenvalue weighted by atomic mass is 10.4. The Labute approximate surface area is 65.5 Å². The molecule has 0 bridgehead atoms. The minimum absolute atomic E-state index is 0.465. The van der Waals surface area contributed by atoms with Gasteiger partial charge in [-0.1, -0.05) is 6.07 Å². The zero-order valence-electron chi connectivity index (χ0n) is 6.15. The van der Waals surface area contributed by atoms with Crippen molar-refractivity contribution in [3.05, 3.63) is 30.1 Å². The molecule has 3 heteroatoms. The summed E-state index contributed by atoms with van der Waals surface area (Å²) in [6.45, 7) is 1.43. The van der Waals surface area contributed by atoms with E-state index in [1.54, 1.807) is 30.5 Å². The third-order valence-electron chi connectivity index (χ3n) is 0.779. The minimum Gasteiger partial charge on any atom is -0.246 e. The van der Waals surface area contributed by atoms with Gasteiger partial charge in [0.15, 0.2) is 0 Å². The lowest BCUT2D eigenvalue weighted by molar-refractivity contribution is 1.26. The molecule has 0 aliphatic heterocycles. The van der Waals surface area contributed by atoms with E-state index in [1.807, 2.05) is 6.07 Å². The molecule has 0 aromatic carbocycles. The Bertz CT molecular complexity index is 266. The van der Waals surface area contributed by atoms with E-state index in [9.17, 15) is 0 Å². The van der Waals surface area contributed by atoms with Gasteiger partial charge in [0.25, 0.3) is 0 Å². The molecule has 0 amide bonds. The average Bonchev–Trinajstić information content (AvgIpc) is 2.08. The van der Waals surface area contributed by atoms with Crippen LogP contribution in [0.5, 0.6) is 0 Å². The summed E-state index contributed by atoms with van der Waals surface area (Å²) >= 11 is 0. The van der Waals surface area contributed by atoms with Crippen LogP contribution in [0.25, 0.3) is 0 Å². The first-order chi connectivity index (χ1) is 5.35. The number of rotatable bonds is 0. The third kappa shape index (κ3) is 4.62. The molecular formula is C8H7N3. The Morgan fingerprint density at radius 1 is 1.36 bits per heavy atom. The van der Waals surface area contributed by atoms with Gasteiger partial charge >= 0.3 is 0 Å². The maximum atomic E-state index is 8.23. The van der Waals surface area contributed by atoms with Gasteiger partial charge in [0.1, 0.15) is 11.8 Å². The summed E-state index contributed by atoms with van der Waals surface area (Å²) in [5, 5.41) is 15.5. The van der Waals surface area contributed by atoms with Crippen molar-refractivity contribution < 1.29 is 0 Å². The molecule has 0 N–H and O–H groups in total. The van der Waals surface area contributed by atoms with Crippen LogP contribution >= 0.6 is 0 Å². The highest BCUT2D eigenvalue weighted by Gasteiger charge is 1.81. The highest BCUT2D eigenvalue weighted by atomic mass is 14.7. The fourth-order valence-corrected chi connectivity index (χ4v) is 0.429. The largest absolute Gasteiger partial charge is 0.246 e. The van der Waals surface area contributed by atoms with E-state index < -0.39 is 0 Å². The predicted molar refractivity (Wildman–Crippen MR) is 40.2 cm³/mol. The lowest BCUT2D eigenvalue weighted by Crippen LogP contribution is -1.75. The van der Waals surface area contributed by atoms with E-state index in [2.05, 4.69) is 4.98 Å². The van der Waals surface area contributed by atoms with Gasteiger partial charge in [0.2, 0.25) is 0 Å². The number of nitriles is 2. The zero-order chi connectivity index (χ0) is 8.53. The van der Waals surface area contributed by atoms with Crippen molar-refractivity contribution in [2.24, 2.45) is 0 Å². The topological polar surface area (TPSA) is 60.5 Å². The number of nitrogens with zero attached hydrogens (tertiary/aromatic N) is 3. The maximum Gasteiger partial charge on any atom is 0.140 e. The Kier molecular flexibility index (Phi) is 5.19. The summed E-state index contributed by atoms with van der Waals surface area (Å²) in [5.74, 6) is 0. The first kappa shape index (κ1) is 9.13. The van der Waals surface area contributed by atoms with E-state index in [0.717, 1.165) is 0 Å². The molecule has 54 valence electrons. The zero-order valence-corrected chi connectivity index (χ0v) is 6.15. The molecule has 1 aromatic heterocycles. The van der Waals surface area contributed by atoms with Crippen molar-refractivity contribution in [3.63, 3.8) is 0 Å². The van der Waals surface area contributed by atoms with Crippen LogP contribution in [0, 0.1) is 22.7 Å². The Morgan fingerprint density at radius 3 is 2.27 bits per heavy atom. The van der Waals surface area contributed by atoms with Crippen LogP contribution in [0.1, 0.15) is 12.6 Å². The maximum absolute atomic E-state index is 8.23. The van der Waals surface area contributed by atoms with Crippen molar-refractivity contribution >= 4 is 0 Å². The van der Waals surface area contributed by atoms with Crippen LogP contribution in [0.3, 0.4) is 0 Å². The molecule has 1 rings (SSSR count). The van der Waals surface area contributed by atoms with Crippen molar-refractivity contribution in [1.82, 2.24) is 4.98 Å². The summed E-state index contributed by atoms with van der Waals surface area (Å²) in [6, 6.07) is 8.89. The molecule has 1 heterocycles. The predicted octanol–water partition coefficient (Wildman–Crippen LogP) is 1.48.